The van der Waals surface area contributed by atoms with Crippen LogP contribution < -0.4 is 0 Å². The van der Waals surface area contributed by atoms with Crippen LogP contribution in [0.25, 0.3) is 0 Å². The molecule has 0 saturated carbocycles. The van der Waals surface area contributed by atoms with Gasteiger partial charge in [0.15, 0.2) is 0 Å². The highest BCUT2D eigenvalue weighted by molar-refractivity contribution is 5.80. The monoisotopic (exact) mass is 202 g/mol. The first kappa shape index (κ1) is 12.6. The van der Waals surface area contributed by atoms with Crippen LogP contribution in [0.1, 0.15) is 6.92 Å². The van der Waals surface area contributed by atoms with E-state index in [1.165, 1.54) is 14.2 Å². The number of methoxy groups -OCH3 is 2. The van der Waals surface area contributed by atoms with Crippen molar-refractivity contribution in [2.24, 2.45) is 5.92 Å². The van der Waals surface area contributed by atoms with Crippen molar-refractivity contribution in [1.29, 1.82) is 0 Å². The first-order chi connectivity index (χ1) is 6.56. The molecule has 1 N–H and O–H groups in total. The lowest BCUT2D eigenvalue weighted by Gasteiger charge is -2.18. The Morgan fingerprint density at radius 2 is 2.00 bits per heavy atom. The third-order valence-electron chi connectivity index (χ3n) is 1.85. The molecule has 0 radical (unpaired) electrons. The number of carbonyl (C=O) groups excluding carboxylic acids is 1. The van der Waals surface area contributed by atoms with Gasteiger partial charge in [-0.05, 0) is 0 Å². The van der Waals surface area contributed by atoms with Crippen molar-refractivity contribution in [1.82, 2.24) is 0 Å². The molecule has 0 aromatic rings. The van der Waals surface area contributed by atoms with Gasteiger partial charge in [-0.15, -0.1) is 0 Å². The Morgan fingerprint density at radius 3 is 2.29 bits per heavy atom. The zero-order valence-electron chi connectivity index (χ0n) is 8.39. The first-order valence-electron chi connectivity index (χ1n) is 4.03. The van der Waals surface area contributed by atoms with Crippen LogP contribution in [-0.2, 0) is 19.1 Å². The summed E-state index contributed by atoms with van der Waals surface area (Å²) in [5.74, 6) is -1.33. The van der Waals surface area contributed by atoms with E-state index in [0.717, 1.165) is 6.08 Å². The maximum Gasteiger partial charge on any atom is 0.331 e. The van der Waals surface area contributed by atoms with Gasteiger partial charge in [-0.25, -0.2) is 4.79 Å². The Bertz CT molecular complexity index is 233. The largest absolute Gasteiger partial charge is 0.500 e. The molecule has 80 valence electrons. The Balaban J connectivity index is 4.67. The third-order valence-corrected chi connectivity index (χ3v) is 1.85. The van der Waals surface area contributed by atoms with Crippen molar-refractivity contribution in [3.8, 4) is 0 Å². The van der Waals surface area contributed by atoms with Crippen LogP contribution in [0.2, 0.25) is 0 Å². The van der Waals surface area contributed by atoms with Gasteiger partial charge in [0.2, 0.25) is 0 Å². The van der Waals surface area contributed by atoms with E-state index in [1.807, 2.05) is 0 Å². The number of hydrogen-bond donors (Lipinski definition) is 1. The van der Waals surface area contributed by atoms with E-state index >= 15 is 0 Å². The van der Waals surface area contributed by atoms with Crippen LogP contribution in [0.15, 0.2) is 11.8 Å². The van der Waals surface area contributed by atoms with Crippen molar-refractivity contribution in [3.05, 3.63) is 11.8 Å². The second kappa shape index (κ2) is 6.15. The highest BCUT2D eigenvalue weighted by Crippen LogP contribution is 2.16. The summed E-state index contributed by atoms with van der Waals surface area (Å²) in [6, 6.07) is 0. The number of aldehydes is 1. The summed E-state index contributed by atoms with van der Waals surface area (Å²) in [5.41, 5.74) is 0. The molecular formula is C9H14O5. The minimum Gasteiger partial charge on any atom is -0.500 e. The SMILES string of the molecule is CO/C(=C\C(=O)O)C(C)C(C=O)OC. The van der Waals surface area contributed by atoms with E-state index < -0.39 is 18.0 Å². The van der Waals surface area contributed by atoms with Gasteiger partial charge in [-0.1, -0.05) is 6.92 Å². The van der Waals surface area contributed by atoms with Crippen molar-refractivity contribution in [2.75, 3.05) is 14.2 Å². The van der Waals surface area contributed by atoms with Crippen LogP contribution in [0, 0.1) is 5.92 Å². The quantitative estimate of drug-likeness (QED) is 0.384. The summed E-state index contributed by atoms with van der Waals surface area (Å²) in [7, 11) is 2.73. The maximum absolute atomic E-state index is 10.5. The van der Waals surface area contributed by atoms with Crippen molar-refractivity contribution < 1.29 is 24.2 Å². The van der Waals surface area contributed by atoms with Gasteiger partial charge >= 0.3 is 5.97 Å². The first-order valence-corrected chi connectivity index (χ1v) is 4.03. The van der Waals surface area contributed by atoms with Crippen molar-refractivity contribution >= 4 is 12.3 Å². The molecule has 5 heteroatoms. The summed E-state index contributed by atoms with van der Waals surface area (Å²) < 4.78 is 9.69. The predicted molar refractivity (Wildman–Crippen MR) is 48.8 cm³/mol. The van der Waals surface area contributed by atoms with Gasteiger partial charge in [0.05, 0.1) is 13.2 Å². The van der Waals surface area contributed by atoms with Gasteiger partial charge in [-0.2, -0.15) is 0 Å². The van der Waals surface area contributed by atoms with Crippen LogP contribution in [-0.4, -0.2) is 37.7 Å². The average Bonchev–Trinajstić information content (AvgIpc) is 2.15. The van der Waals surface area contributed by atoms with Crippen LogP contribution in [0.3, 0.4) is 0 Å². The molecule has 0 bridgehead atoms. The predicted octanol–water partition coefficient (Wildman–Crippen LogP) is 0.451. The van der Waals surface area contributed by atoms with Crippen molar-refractivity contribution in [2.45, 2.75) is 13.0 Å². The molecule has 14 heavy (non-hydrogen) atoms. The highest BCUT2D eigenvalue weighted by Gasteiger charge is 2.21. The fraction of sp³-hybridized carbons (Fsp3) is 0.556. The van der Waals surface area contributed by atoms with E-state index in [9.17, 15) is 9.59 Å². The highest BCUT2D eigenvalue weighted by atomic mass is 16.5. The molecule has 0 saturated heterocycles. The van der Waals surface area contributed by atoms with Gasteiger partial charge < -0.3 is 19.4 Å². The summed E-state index contributed by atoms with van der Waals surface area (Å²) in [4.78, 5) is 20.9. The maximum atomic E-state index is 10.5. The molecule has 0 aliphatic heterocycles. The molecular weight excluding hydrogens is 188 g/mol. The van der Waals surface area contributed by atoms with Crippen molar-refractivity contribution in [3.63, 3.8) is 0 Å². The summed E-state index contributed by atoms with van der Waals surface area (Å²) in [6.45, 7) is 1.65. The third kappa shape index (κ3) is 3.57. The molecule has 0 aliphatic rings. The smallest absolute Gasteiger partial charge is 0.331 e. The zero-order chi connectivity index (χ0) is 11.1. The van der Waals surface area contributed by atoms with E-state index in [-0.39, 0.29) is 5.76 Å². The molecule has 0 aromatic heterocycles. The molecule has 0 fully saturated rings. The average molecular weight is 202 g/mol. The molecule has 5 nitrogen and oxygen atoms in total. The van der Waals surface area contributed by atoms with Crippen LogP contribution >= 0.6 is 0 Å². The summed E-state index contributed by atoms with van der Waals surface area (Å²) >= 11 is 0. The molecule has 0 aliphatic carbocycles. The van der Waals surface area contributed by atoms with Gasteiger partial charge in [0.25, 0.3) is 0 Å². The molecule has 0 spiro atoms. The topological polar surface area (TPSA) is 72.8 Å². The van der Waals surface area contributed by atoms with Gasteiger partial charge in [0.1, 0.15) is 18.1 Å². The Morgan fingerprint density at radius 1 is 1.43 bits per heavy atom. The molecule has 2 unspecified atom stereocenters. The lowest BCUT2D eigenvalue weighted by Crippen LogP contribution is -2.24. The van der Waals surface area contributed by atoms with Gasteiger partial charge in [0, 0.05) is 13.0 Å². The van der Waals surface area contributed by atoms with E-state index in [4.69, 9.17) is 14.6 Å². The molecule has 0 aromatic carbocycles. The fourth-order valence-corrected chi connectivity index (χ4v) is 1.04. The fourth-order valence-electron chi connectivity index (χ4n) is 1.04. The molecule has 0 amide bonds. The Kier molecular flexibility index (Phi) is 5.55. The van der Waals surface area contributed by atoms with E-state index in [0.29, 0.717) is 6.29 Å². The zero-order valence-corrected chi connectivity index (χ0v) is 8.39. The summed E-state index contributed by atoms with van der Waals surface area (Å²) in [6.07, 6.45) is 0.833. The second-order valence-corrected chi connectivity index (χ2v) is 2.71. The molecule has 0 rings (SSSR count). The Labute approximate surface area is 82.3 Å². The van der Waals surface area contributed by atoms with E-state index in [1.54, 1.807) is 6.92 Å². The standard InChI is InChI=1S/C9H14O5/c1-6(8(5-10)14-3)7(13-2)4-9(11)12/h4-6,8H,1-3H3,(H,11,12)/b7-4-. The number of carbonyl (C=O) groups is 2. The number of aliphatic carboxylic acids is 1. The lowest BCUT2D eigenvalue weighted by atomic mass is 10.0. The number of rotatable bonds is 6. The summed E-state index contributed by atoms with van der Waals surface area (Å²) in [5, 5.41) is 8.51. The molecule has 2 atom stereocenters. The number of carboxylic acids is 1. The van der Waals surface area contributed by atoms with E-state index in [2.05, 4.69) is 0 Å². The lowest BCUT2D eigenvalue weighted by molar-refractivity contribution is -0.132. The minimum atomic E-state index is -1.12. The normalized spacial score (nSPS) is 15.8. The van der Waals surface area contributed by atoms with Gasteiger partial charge in [-0.3, -0.25) is 0 Å². The molecule has 0 heterocycles. The second-order valence-electron chi connectivity index (χ2n) is 2.71. The number of carboxylic acid groups (broad SMARTS) is 1. The number of hydrogen-bond acceptors (Lipinski definition) is 4. The number of ether oxygens (including phenoxy) is 2. The van der Waals surface area contributed by atoms with Crippen LogP contribution in [0.4, 0.5) is 0 Å². The minimum absolute atomic E-state index is 0.205. The Hall–Kier alpha value is -1.36. The van der Waals surface area contributed by atoms with Crippen LogP contribution in [0.5, 0.6) is 0 Å².